The number of aromatic nitrogens is 2. The summed E-state index contributed by atoms with van der Waals surface area (Å²) in [4.78, 5) is 24.2. The van der Waals surface area contributed by atoms with Gasteiger partial charge in [0.25, 0.3) is 0 Å². The molecule has 1 aliphatic heterocycles. The average molecular weight is 331 g/mol. The fourth-order valence-corrected chi connectivity index (χ4v) is 3.83. The SMILES string of the molecule is C=CCN(c1ncnc(N2CCCCC2)c1[N+](=O)[O-])C1CCCC1. The van der Waals surface area contributed by atoms with Crippen molar-refractivity contribution in [1.82, 2.24) is 9.97 Å². The zero-order chi connectivity index (χ0) is 16.9. The molecule has 0 aromatic carbocycles. The molecule has 130 valence electrons. The maximum atomic E-state index is 11.9. The summed E-state index contributed by atoms with van der Waals surface area (Å²) in [5, 5.41) is 11.9. The van der Waals surface area contributed by atoms with E-state index < -0.39 is 0 Å². The van der Waals surface area contributed by atoms with Gasteiger partial charge in [-0.05, 0) is 32.1 Å². The molecule has 2 fully saturated rings. The average Bonchev–Trinajstić information content (AvgIpc) is 3.14. The minimum Gasteiger partial charge on any atom is -0.351 e. The number of nitrogens with zero attached hydrogens (tertiary/aromatic N) is 5. The second-order valence-corrected chi connectivity index (χ2v) is 6.55. The summed E-state index contributed by atoms with van der Waals surface area (Å²) in [5.74, 6) is 0.916. The lowest BCUT2D eigenvalue weighted by atomic mass is 10.1. The largest absolute Gasteiger partial charge is 0.353 e. The third-order valence-corrected chi connectivity index (χ3v) is 4.99. The van der Waals surface area contributed by atoms with Crippen molar-refractivity contribution in [3.63, 3.8) is 0 Å². The van der Waals surface area contributed by atoms with Gasteiger partial charge in [-0.15, -0.1) is 6.58 Å². The molecule has 0 radical (unpaired) electrons. The van der Waals surface area contributed by atoms with Crippen LogP contribution in [0.25, 0.3) is 0 Å². The summed E-state index contributed by atoms with van der Waals surface area (Å²) in [6, 6.07) is 0.297. The van der Waals surface area contributed by atoms with Gasteiger partial charge in [0, 0.05) is 25.7 Å². The number of nitro groups is 1. The highest BCUT2D eigenvalue weighted by Gasteiger charge is 2.33. The van der Waals surface area contributed by atoms with E-state index in [2.05, 4.69) is 16.5 Å². The molecule has 7 heteroatoms. The van der Waals surface area contributed by atoms with Gasteiger partial charge in [0.05, 0.1) is 4.92 Å². The minimum atomic E-state index is -0.315. The summed E-state index contributed by atoms with van der Waals surface area (Å²) in [6.07, 6.45) is 11.0. The van der Waals surface area contributed by atoms with Gasteiger partial charge in [0.15, 0.2) is 0 Å². The number of hydrogen-bond donors (Lipinski definition) is 0. The molecular formula is C17H25N5O2. The topological polar surface area (TPSA) is 75.4 Å². The van der Waals surface area contributed by atoms with Gasteiger partial charge >= 0.3 is 5.69 Å². The maximum Gasteiger partial charge on any atom is 0.353 e. The second-order valence-electron chi connectivity index (χ2n) is 6.55. The monoisotopic (exact) mass is 331 g/mol. The van der Waals surface area contributed by atoms with Crippen LogP contribution in [0, 0.1) is 10.1 Å². The fourth-order valence-electron chi connectivity index (χ4n) is 3.83. The van der Waals surface area contributed by atoms with Crippen molar-refractivity contribution in [2.24, 2.45) is 0 Å². The molecule has 7 nitrogen and oxygen atoms in total. The van der Waals surface area contributed by atoms with E-state index in [1.54, 1.807) is 6.08 Å². The second kappa shape index (κ2) is 7.59. The van der Waals surface area contributed by atoms with E-state index in [9.17, 15) is 10.1 Å². The molecule has 0 bridgehead atoms. The van der Waals surface area contributed by atoms with Gasteiger partial charge in [0.2, 0.25) is 11.6 Å². The Morgan fingerprint density at radius 2 is 1.96 bits per heavy atom. The normalized spacial score (nSPS) is 18.6. The van der Waals surface area contributed by atoms with Gasteiger partial charge in [-0.1, -0.05) is 18.9 Å². The van der Waals surface area contributed by atoms with Crippen LogP contribution in [0.4, 0.5) is 17.3 Å². The van der Waals surface area contributed by atoms with Crippen molar-refractivity contribution in [1.29, 1.82) is 0 Å². The minimum absolute atomic E-state index is 0.0492. The van der Waals surface area contributed by atoms with Crippen LogP contribution >= 0.6 is 0 Å². The summed E-state index contributed by atoms with van der Waals surface area (Å²) < 4.78 is 0. The van der Waals surface area contributed by atoms with Crippen LogP contribution in [0.1, 0.15) is 44.9 Å². The van der Waals surface area contributed by atoms with Crippen molar-refractivity contribution in [3.8, 4) is 0 Å². The predicted octanol–water partition coefficient (Wildman–Crippen LogP) is 3.31. The summed E-state index contributed by atoms with van der Waals surface area (Å²) >= 11 is 0. The van der Waals surface area contributed by atoms with Crippen LogP contribution in [-0.2, 0) is 0 Å². The molecule has 24 heavy (non-hydrogen) atoms. The van der Waals surface area contributed by atoms with Gasteiger partial charge in [-0.25, -0.2) is 9.97 Å². The molecule has 1 aliphatic carbocycles. The third-order valence-electron chi connectivity index (χ3n) is 4.99. The van der Waals surface area contributed by atoms with Crippen molar-refractivity contribution in [2.75, 3.05) is 29.4 Å². The highest BCUT2D eigenvalue weighted by Crippen LogP contribution is 2.38. The lowest BCUT2D eigenvalue weighted by Gasteiger charge is -2.31. The molecule has 2 aliphatic rings. The molecule has 1 aromatic heterocycles. The Morgan fingerprint density at radius 1 is 1.25 bits per heavy atom. The van der Waals surface area contributed by atoms with E-state index in [-0.39, 0.29) is 10.6 Å². The number of rotatable bonds is 6. The van der Waals surface area contributed by atoms with Crippen molar-refractivity contribution in [3.05, 3.63) is 29.1 Å². The van der Waals surface area contributed by atoms with Crippen molar-refractivity contribution in [2.45, 2.75) is 51.0 Å². The molecule has 3 rings (SSSR count). The Labute approximate surface area is 142 Å². The van der Waals surface area contributed by atoms with Crippen LogP contribution in [0.15, 0.2) is 19.0 Å². The smallest absolute Gasteiger partial charge is 0.351 e. The first-order valence-electron chi connectivity index (χ1n) is 8.84. The molecule has 2 heterocycles. The van der Waals surface area contributed by atoms with E-state index >= 15 is 0 Å². The molecule has 0 N–H and O–H groups in total. The number of piperidine rings is 1. The highest BCUT2D eigenvalue weighted by atomic mass is 16.6. The lowest BCUT2D eigenvalue weighted by Crippen LogP contribution is -2.36. The van der Waals surface area contributed by atoms with Gasteiger partial charge in [-0.2, -0.15) is 0 Å². The van der Waals surface area contributed by atoms with Gasteiger partial charge in [-0.3, -0.25) is 10.1 Å². The quantitative estimate of drug-likeness (QED) is 0.452. The molecule has 1 saturated heterocycles. The molecule has 0 spiro atoms. The zero-order valence-electron chi connectivity index (χ0n) is 14.1. The molecule has 0 amide bonds. The van der Waals surface area contributed by atoms with Gasteiger partial charge in [0.1, 0.15) is 6.33 Å². The Balaban J connectivity index is 2.01. The summed E-state index contributed by atoms with van der Waals surface area (Å²) in [5.41, 5.74) is 0.0492. The first-order chi connectivity index (χ1) is 11.7. The Morgan fingerprint density at radius 3 is 2.58 bits per heavy atom. The molecular weight excluding hydrogens is 306 g/mol. The summed E-state index contributed by atoms with van der Waals surface area (Å²) in [6.45, 7) is 6.03. The van der Waals surface area contributed by atoms with Crippen molar-refractivity contribution < 1.29 is 4.92 Å². The Kier molecular flexibility index (Phi) is 5.27. The number of anilines is 2. The van der Waals surface area contributed by atoms with E-state index in [1.807, 2.05) is 9.80 Å². The lowest BCUT2D eigenvalue weighted by molar-refractivity contribution is -0.383. The number of hydrogen-bond acceptors (Lipinski definition) is 6. The van der Waals surface area contributed by atoms with Crippen LogP contribution in [0.2, 0.25) is 0 Å². The van der Waals surface area contributed by atoms with Crippen LogP contribution in [0.3, 0.4) is 0 Å². The fraction of sp³-hybridized carbons (Fsp3) is 0.647. The van der Waals surface area contributed by atoms with Crippen LogP contribution in [0.5, 0.6) is 0 Å². The maximum absolute atomic E-state index is 11.9. The van der Waals surface area contributed by atoms with E-state index in [4.69, 9.17) is 0 Å². The molecule has 1 aromatic rings. The predicted molar refractivity (Wildman–Crippen MR) is 94.5 cm³/mol. The zero-order valence-corrected chi connectivity index (χ0v) is 14.1. The van der Waals surface area contributed by atoms with E-state index in [0.29, 0.717) is 24.2 Å². The molecule has 1 saturated carbocycles. The molecule has 0 unspecified atom stereocenters. The Hall–Kier alpha value is -2.18. The van der Waals surface area contributed by atoms with E-state index in [1.165, 1.54) is 12.7 Å². The standard InChI is InChI=1S/C17H25N5O2/c1-2-10-21(14-8-4-5-9-14)17-15(22(23)24)16(18-13-19-17)20-11-6-3-7-12-20/h2,13-14H,1,3-12H2. The van der Waals surface area contributed by atoms with Gasteiger partial charge < -0.3 is 9.80 Å². The summed E-state index contributed by atoms with van der Waals surface area (Å²) in [7, 11) is 0. The first kappa shape index (κ1) is 16.7. The van der Waals surface area contributed by atoms with Crippen LogP contribution < -0.4 is 9.80 Å². The Bertz CT molecular complexity index is 595. The van der Waals surface area contributed by atoms with Crippen molar-refractivity contribution >= 4 is 17.3 Å². The first-order valence-corrected chi connectivity index (χ1v) is 8.84. The third kappa shape index (κ3) is 3.34. The highest BCUT2D eigenvalue weighted by molar-refractivity contribution is 5.71. The van der Waals surface area contributed by atoms with E-state index in [0.717, 1.165) is 51.6 Å². The van der Waals surface area contributed by atoms with Crippen LogP contribution in [-0.4, -0.2) is 40.6 Å². The molecule has 0 atom stereocenters.